The van der Waals surface area contributed by atoms with Gasteiger partial charge < -0.3 is 0 Å². The molecule has 1 nitrogen and oxygen atoms in total. The summed E-state index contributed by atoms with van der Waals surface area (Å²) < 4.78 is 1.03. The minimum atomic E-state index is 0.105. The molecule has 0 aromatic heterocycles. The van der Waals surface area contributed by atoms with Gasteiger partial charge >= 0.3 is 0 Å². The molecular formula is C12H9AlBrClO. The Kier molecular flexibility index (Phi) is 5.51. The van der Waals surface area contributed by atoms with Crippen LogP contribution in [0, 0.1) is 0 Å². The van der Waals surface area contributed by atoms with Gasteiger partial charge in [-0.25, -0.2) is 0 Å². The predicted octanol–water partition coefficient (Wildman–Crippen LogP) is 4.11. The molecule has 0 N–H and O–H groups in total. The first-order valence-electron chi connectivity index (χ1n) is 4.60. The van der Waals surface area contributed by atoms with Gasteiger partial charge in [-0.2, -0.15) is 0 Å². The summed E-state index contributed by atoms with van der Waals surface area (Å²) in [6.45, 7) is 1.59. The van der Waals surface area contributed by atoms with Crippen LogP contribution >= 0.6 is 26.0 Å². The second kappa shape index (κ2) is 6.42. The van der Waals surface area contributed by atoms with Crippen LogP contribution in [0.25, 0.3) is 10.8 Å². The zero-order valence-electron chi connectivity index (χ0n) is 8.71. The zero-order valence-corrected chi connectivity index (χ0v) is 12.2. The van der Waals surface area contributed by atoms with Gasteiger partial charge in [0.15, 0.2) is 5.78 Å². The van der Waals surface area contributed by atoms with E-state index in [1.807, 2.05) is 51.8 Å². The van der Waals surface area contributed by atoms with Crippen molar-refractivity contribution in [3.8, 4) is 0 Å². The number of fused-ring (bicyclic) bond motifs is 1. The fraction of sp³-hybridized carbons (Fsp3) is 0.0833. The van der Waals surface area contributed by atoms with Crippen molar-refractivity contribution in [2.45, 2.75) is 6.92 Å². The number of benzene rings is 2. The molecule has 16 heavy (non-hydrogen) atoms. The third kappa shape index (κ3) is 2.87. The normalized spacial score (nSPS) is 9.44. The lowest BCUT2D eigenvalue weighted by Gasteiger charge is -2.04. The summed E-state index contributed by atoms with van der Waals surface area (Å²) in [4.78, 5) is 11.4. The average molecular weight is 312 g/mol. The number of Topliss-reactive ketones (excluding diaryl/α,β-unsaturated/α-hetero) is 1. The monoisotopic (exact) mass is 310 g/mol. The molecule has 0 saturated heterocycles. The highest BCUT2D eigenvalue weighted by molar-refractivity contribution is 9.10. The molecule has 0 fully saturated rings. The van der Waals surface area contributed by atoms with Gasteiger partial charge in [0.2, 0.25) is 0 Å². The standard InChI is InChI=1S/C12H9BrO.Al.ClH/c1-8(14)9-6-7-12(13)11-5-3-2-4-10(9)11;;/h2-7H,1H3;;1H/q;+1;/p-1. The maximum atomic E-state index is 11.4. The molecule has 0 bridgehead atoms. The van der Waals surface area contributed by atoms with Crippen molar-refractivity contribution in [1.82, 2.24) is 0 Å². The van der Waals surface area contributed by atoms with Crippen molar-refractivity contribution in [3.05, 3.63) is 46.4 Å². The maximum absolute atomic E-state index is 11.4. The van der Waals surface area contributed by atoms with Gasteiger partial charge in [0.25, 0.3) is 15.4 Å². The highest BCUT2D eigenvalue weighted by Gasteiger charge is 2.06. The summed E-state index contributed by atoms with van der Waals surface area (Å²) in [7, 11) is 4.56. The molecule has 80 valence electrons. The fourth-order valence-electron chi connectivity index (χ4n) is 1.57. The molecule has 0 saturated carbocycles. The SMILES string of the molecule is CC(=O)c1ccc(Br)c2ccccc12.[Al][Cl]. The van der Waals surface area contributed by atoms with Crippen molar-refractivity contribution < 1.29 is 4.79 Å². The van der Waals surface area contributed by atoms with Gasteiger partial charge in [-0.1, -0.05) is 40.2 Å². The Morgan fingerprint density at radius 1 is 1.12 bits per heavy atom. The molecule has 0 aliphatic carbocycles. The largest absolute Gasteiger partial charge is 0.294 e. The van der Waals surface area contributed by atoms with Crippen LogP contribution in [0.1, 0.15) is 17.3 Å². The summed E-state index contributed by atoms with van der Waals surface area (Å²) in [5.41, 5.74) is 0.781. The highest BCUT2D eigenvalue weighted by atomic mass is 79.9. The summed E-state index contributed by atoms with van der Waals surface area (Å²) in [6, 6.07) is 11.7. The molecule has 2 radical (unpaired) electrons. The molecule has 0 heterocycles. The average Bonchev–Trinajstić information content (AvgIpc) is 2.32. The lowest BCUT2D eigenvalue weighted by molar-refractivity contribution is 0.101. The quantitative estimate of drug-likeness (QED) is 0.572. The van der Waals surface area contributed by atoms with Crippen molar-refractivity contribution in [1.29, 1.82) is 0 Å². The molecule has 0 spiro atoms. The molecule has 2 aromatic rings. The Balaban J connectivity index is 0.000000606. The third-order valence-electron chi connectivity index (χ3n) is 2.25. The van der Waals surface area contributed by atoms with Crippen molar-refractivity contribution in [2.24, 2.45) is 0 Å². The van der Waals surface area contributed by atoms with Crippen LogP contribution < -0.4 is 0 Å². The first kappa shape index (κ1) is 13.7. The number of carbonyl (C=O) groups excluding carboxylic acids is 1. The Morgan fingerprint density at radius 3 is 2.25 bits per heavy atom. The van der Waals surface area contributed by atoms with E-state index >= 15 is 0 Å². The second-order valence-corrected chi connectivity index (χ2v) is 4.05. The van der Waals surface area contributed by atoms with Gasteiger partial charge in [0.05, 0.1) is 0 Å². The van der Waals surface area contributed by atoms with Crippen LogP contribution in [-0.4, -0.2) is 21.2 Å². The van der Waals surface area contributed by atoms with Crippen molar-refractivity contribution in [3.63, 3.8) is 0 Å². The Morgan fingerprint density at radius 2 is 1.69 bits per heavy atom. The lowest BCUT2D eigenvalue weighted by Crippen LogP contribution is -1.93. The van der Waals surface area contributed by atoms with E-state index in [0.717, 1.165) is 20.8 Å². The molecule has 0 aliphatic rings. The molecule has 4 heteroatoms. The fourth-order valence-corrected chi connectivity index (χ4v) is 2.05. The summed E-state index contributed by atoms with van der Waals surface area (Å²) in [5, 5.41) is 2.09. The number of rotatable bonds is 1. The van der Waals surface area contributed by atoms with Crippen LogP contribution in [0.5, 0.6) is 0 Å². The second-order valence-electron chi connectivity index (χ2n) is 3.20. The minimum Gasteiger partial charge on any atom is -0.294 e. The van der Waals surface area contributed by atoms with Gasteiger partial charge in [-0.15, -0.1) is 0 Å². The molecule has 0 atom stereocenters. The Labute approximate surface area is 116 Å². The maximum Gasteiger partial charge on any atom is 0.293 e. The first-order chi connectivity index (χ1) is 7.70. The Hall–Kier alpha value is -0.328. The van der Waals surface area contributed by atoms with E-state index in [2.05, 4.69) is 26.0 Å². The van der Waals surface area contributed by atoms with E-state index in [1.54, 1.807) is 6.92 Å². The summed E-state index contributed by atoms with van der Waals surface area (Å²) >= 11 is 5.36. The van der Waals surface area contributed by atoms with Gasteiger partial charge in [-0.05, 0) is 29.8 Å². The topological polar surface area (TPSA) is 17.1 Å². The van der Waals surface area contributed by atoms with Crippen LogP contribution in [0.15, 0.2) is 40.9 Å². The highest BCUT2D eigenvalue weighted by Crippen LogP contribution is 2.26. The molecule has 2 rings (SSSR count). The summed E-state index contributed by atoms with van der Waals surface area (Å²) in [5.74, 6) is 0.105. The minimum absolute atomic E-state index is 0.105. The van der Waals surface area contributed by atoms with Crippen LogP contribution in [-0.2, 0) is 0 Å². The lowest BCUT2D eigenvalue weighted by atomic mass is 10.0. The zero-order chi connectivity index (χ0) is 12.1. The Bertz CT molecular complexity index is 513. The number of hydrogen-bond acceptors (Lipinski definition) is 1. The van der Waals surface area contributed by atoms with Crippen LogP contribution in [0.3, 0.4) is 0 Å². The van der Waals surface area contributed by atoms with E-state index in [9.17, 15) is 4.79 Å². The number of halogens is 2. The predicted molar refractivity (Wildman–Crippen MR) is 73.3 cm³/mol. The first-order valence-corrected chi connectivity index (χ1v) is 7.14. The van der Waals surface area contributed by atoms with Gasteiger partial charge in [-0.3, -0.25) is 14.8 Å². The number of hydrogen-bond donors (Lipinski definition) is 0. The van der Waals surface area contributed by atoms with E-state index in [1.165, 1.54) is 0 Å². The van der Waals surface area contributed by atoms with E-state index < -0.39 is 0 Å². The summed E-state index contributed by atoms with van der Waals surface area (Å²) in [6.07, 6.45) is 0. The third-order valence-corrected chi connectivity index (χ3v) is 2.94. The van der Waals surface area contributed by atoms with Crippen LogP contribution in [0.2, 0.25) is 0 Å². The van der Waals surface area contributed by atoms with E-state index in [-0.39, 0.29) is 5.78 Å². The van der Waals surface area contributed by atoms with Crippen molar-refractivity contribution >= 4 is 57.9 Å². The number of ketones is 1. The molecular weight excluding hydrogens is 302 g/mol. The van der Waals surface area contributed by atoms with E-state index in [0.29, 0.717) is 0 Å². The smallest absolute Gasteiger partial charge is 0.293 e. The molecule has 0 unspecified atom stereocenters. The van der Waals surface area contributed by atoms with E-state index in [4.69, 9.17) is 0 Å². The van der Waals surface area contributed by atoms with Crippen molar-refractivity contribution in [2.75, 3.05) is 0 Å². The number of carbonyl (C=O) groups is 1. The molecule has 0 aliphatic heterocycles. The molecule has 2 aromatic carbocycles. The molecule has 0 amide bonds. The van der Waals surface area contributed by atoms with Gasteiger partial charge in [0.1, 0.15) is 0 Å². The van der Waals surface area contributed by atoms with Gasteiger partial charge in [0, 0.05) is 10.0 Å². The van der Waals surface area contributed by atoms with Crippen LogP contribution in [0.4, 0.5) is 0 Å².